The van der Waals surface area contributed by atoms with Crippen molar-refractivity contribution in [3.63, 3.8) is 0 Å². The maximum Gasteiger partial charge on any atom is 0.272 e. The number of nitrogens with one attached hydrogen (secondary N) is 1. The van der Waals surface area contributed by atoms with E-state index in [1.54, 1.807) is 24.5 Å². The van der Waals surface area contributed by atoms with E-state index in [-0.39, 0.29) is 17.9 Å². The molecule has 154 valence electrons. The average Bonchev–Trinajstić information content (AvgIpc) is 3.35. The zero-order valence-electron chi connectivity index (χ0n) is 17.2. The molecule has 3 heterocycles. The van der Waals surface area contributed by atoms with Gasteiger partial charge in [-0.3, -0.25) is 19.3 Å². The van der Waals surface area contributed by atoms with Gasteiger partial charge in [-0.15, -0.1) is 0 Å². The first kappa shape index (κ1) is 19.6. The molecule has 1 aliphatic heterocycles. The minimum Gasteiger partial charge on any atom is -0.348 e. The molecular formula is C22H29N5O2. The van der Waals surface area contributed by atoms with Crippen LogP contribution >= 0.6 is 0 Å². The van der Waals surface area contributed by atoms with Gasteiger partial charge < -0.3 is 10.2 Å². The number of nitrogens with zero attached hydrogens (tertiary/aromatic N) is 4. The first-order valence-electron chi connectivity index (χ1n) is 10.6. The van der Waals surface area contributed by atoms with E-state index in [0.717, 1.165) is 30.6 Å². The molecule has 1 saturated carbocycles. The van der Waals surface area contributed by atoms with Crippen LogP contribution in [0.25, 0.3) is 0 Å². The number of rotatable bonds is 5. The van der Waals surface area contributed by atoms with E-state index in [4.69, 9.17) is 5.10 Å². The van der Waals surface area contributed by atoms with Crippen LogP contribution < -0.4 is 5.32 Å². The normalized spacial score (nSPS) is 16.9. The fourth-order valence-corrected chi connectivity index (χ4v) is 4.34. The second-order valence-corrected chi connectivity index (χ2v) is 8.52. The Bertz CT molecular complexity index is 884. The lowest BCUT2D eigenvalue weighted by atomic mass is 10.0. The van der Waals surface area contributed by atoms with Gasteiger partial charge >= 0.3 is 0 Å². The highest BCUT2D eigenvalue weighted by atomic mass is 16.2. The van der Waals surface area contributed by atoms with Crippen molar-refractivity contribution < 1.29 is 9.59 Å². The van der Waals surface area contributed by atoms with Gasteiger partial charge in [-0.25, -0.2) is 0 Å². The van der Waals surface area contributed by atoms with Gasteiger partial charge in [0.1, 0.15) is 0 Å². The molecule has 2 aromatic rings. The van der Waals surface area contributed by atoms with Gasteiger partial charge in [-0.1, -0.05) is 26.7 Å². The molecule has 7 nitrogen and oxygen atoms in total. The Morgan fingerprint density at radius 2 is 1.93 bits per heavy atom. The second kappa shape index (κ2) is 8.35. The number of hydrogen-bond donors (Lipinski definition) is 1. The maximum absolute atomic E-state index is 13.0. The summed E-state index contributed by atoms with van der Waals surface area (Å²) in [6.07, 6.45) is 8.37. The lowest BCUT2D eigenvalue weighted by Crippen LogP contribution is -2.38. The highest BCUT2D eigenvalue weighted by Gasteiger charge is 2.31. The Labute approximate surface area is 171 Å². The quantitative estimate of drug-likeness (QED) is 0.844. The van der Waals surface area contributed by atoms with Crippen molar-refractivity contribution in [2.75, 3.05) is 6.54 Å². The van der Waals surface area contributed by atoms with E-state index in [1.165, 1.54) is 12.8 Å². The number of hydrogen-bond acceptors (Lipinski definition) is 4. The van der Waals surface area contributed by atoms with E-state index in [9.17, 15) is 9.59 Å². The van der Waals surface area contributed by atoms with Crippen LogP contribution in [0.1, 0.15) is 71.6 Å². The average molecular weight is 396 g/mol. The van der Waals surface area contributed by atoms with Crippen molar-refractivity contribution in [2.24, 2.45) is 5.92 Å². The van der Waals surface area contributed by atoms with Crippen molar-refractivity contribution >= 4 is 11.8 Å². The molecule has 1 N–H and O–H groups in total. The summed E-state index contributed by atoms with van der Waals surface area (Å²) in [6, 6.07) is 3.70. The molecule has 2 amide bonds. The highest BCUT2D eigenvalue weighted by molar-refractivity contribution is 5.96. The predicted octanol–water partition coefficient (Wildman–Crippen LogP) is 2.81. The van der Waals surface area contributed by atoms with Gasteiger partial charge in [-0.05, 0) is 30.9 Å². The first-order valence-corrected chi connectivity index (χ1v) is 10.6. The van der Waals surface area contributed by atoms with Gasteiger partial charge in [0, 0.05) is 54.8 Å². The molecule has 0 spiro atoms. The predicted molar refractivity (Wildman–Crippen MR) is 109 cm³/mol. The van der Waals surface area contributed by atoms with Gasteiger partial charge in [0.15, 0.2) is 5.69 Å². The number of pyridine rings is 1. The monoisotopic (exact) mass is 395 g/mol. The summed E-state index contributed by atoms with van der Waals surface area (Å²) >= 11 is 0. The lowest BCUT2D eigenvalue weighted by molar-refractivity contribution is 0.0729. The van der Waals surface area contributed by atoms with Crippen LogP contribution in [-0.4, -0.2) is 44.1 Å². The van der Waals surface area contributed by atoms with Crippen molar-refractivity contribution in [1.29, 1.82) is 0 Å². The van der Waals surface area contributed by atoms with Crippen LogP contribution in [0.2, 0.25) is 0 Å². The molecule has 2 aliphatic rings. The number of carbonyl (C=O) groups is 2. The Kier molecular flexibility index (Phi) is 5.65. The van der Waals surface area contributed by atoms with Crippen molar-refractivity contribution in [3.8, 4) is 0 Å². The fraction of sp³-hybridized carbons (Fsp3) is 0.545. The molecule has 29 heavy (non-hydrogen) atoms. The van der Waals surface area contributed by atoms with E-state index < -0.39 is 0 Å². The number of amides is 2. The molecule has 2 aromatic heterocycles. The van der Waals surface area contributed by atoms with Gasteiger partial charge in [-0.2, -0.15) is 5.10 Å². The molecule has 0 aromatic carbocycles. The number of aromatic nitrogens is 3. The number of fused-ring (bicyclic) bond motifs is 1. The van der Waals surface area contributed by atoms with Crippen LogP contribution in [0.4, 0.5) is 0 Å². The lowest BCUT2D eigenvalue weighted by Gasteiger charge is -2.28. The molecule has 0 unspecified atom stereocenters. The molecule has 0 radical (unpaired) electrons. The van der Waals surface area contributed by atoms with E-state index >= 15 is 0 Å². The molecule has 7 heteroatoms. The molecular weight excluding hydrogens is 366 g/mol. The summed E-state index contributed by atoms with van der Waals surface area (Å²) in [5.74, 6) is 0.298. The van der Waals surface area contributed by atoms with E-state index in [1.807, 2.05) is 9.58 Å². The third-order valence-corrected chi connectivity index (χ3v) is 5.79. The topological polar surface area (TPSA) is 80.1 Å². The zero-order valence-corrected chi connectivity index (χ0v) is 17.2. The van der Waals surface area contributed by atoms with Crippen LogP contribution in [0.5, 0.6) is 0 Å². The molecule has 4 rings (SSSR count). The SMILES string of the molecule is CC(C)Cn1nc(C(=O)NC2CCCC2)c2c1CCN(C(=O)c1ccncc1)C2. The summed E-state index contributed by atoms with van der Waals surface area (Å²) in [7, 11) is 0. The largest absolute Gasteiger partial charge is 0.348 e. The zero-order chi connectivity index (χ0) is 20.4. The van der Waals surface area contributed by atoms with Gasteiger partial charge in [0.2, 0.25) is 0 Å². The molecule has 1 aliphatic carbocycles. The first-order chi connectivity index (χ1) is 14.0. The van der Waals surface area contributed by atoms with Crippen molar-refractivity contribution in [2.45, 2.75) is 65.1 Å². The van der Waals surface area contributed by atoms with Crippen LogP contribution in [-0.2, 0) is 19.5 Å². The summed E-state index contributed by atoms with van der Waals surface area (Å²) in [6.45, 7) is 6.11. The summed E-state index contributed by atoms with van der Waals surface area (Å²) in [5, 5.41) is 7.86. The number of carbonyl (C=O) groups excluding carboxylic acids is 2. The summed E-state index contributed by atoms with van der Waals surface area (Å²) in [5.41, 5.74) is 3.10. The molecule has 1 fully saturated rings. The Morgan fingerprint density at radius 3 is 2.62 bits per heavy atom. The van der Waals surface area contributed by atoms with Crippen LogP contribution in [0.15, 0.2) is 24.5 Å². The third-order valence-electron chi connectivity index (χ3n) is 5.79. The standard InChI is InChI=1S/C22H29N5O2/c1-15(2)13-27-19-9-12-26(22(29)16-7-10-23-11-8-16)14-18(19)20(25-27)21(28)24-17-5-3-4-6-17/h7-8,10-11,15,17H,3-6,9,12-14H2,1-2H3,(H,24,28). The maximum atomic E-state index is 13.0. The van der Waals surface area contributed by atoms with Crippen molar-refractivity contribution in [3.05, 3.63) is 47.0 Å². The van der Waals surface area contributed by atoms with E-state index in [2.05, 4.69) is 24.1 Å². The fourth-order valence-electron chi connectivity index (χ4n) is 4.34. The summed E-state index contributed by atoms with van der Waals surface area (Å²) in [4.78, 5) is 31.7. The Balaban J connectivity index is 1.60. The smallest absolute Gasteiger partial charge is 0.272 e. The van der Waals surface area contributed by atoms with Gasteiger partial charge in [0.05, 0.1) is 6.54 Å². The second-order valence-electron chi connectivity index (χ2n) is 8.52. The van der Waals surface area contributed by atoms with E-state index in [0.29, 0.717) is 36.7 Å². The molecule has 0 bridgehead atoms. The summed E-state index contributed by atoms with van der Waals surface area (Å²) < 4.78 is 1.98. The van der Waals surface area contributed by atoms with Crippen molar-refractivity contribution in [1.82, 2.24) is 25.0 Å². The highest BCUT2D eigenvalue weighted by Crippen LogP contribution is 2.26. The molecule has 0 saturated heterocycles. The third kappa shape index (κ3) is 4.18. The minimum atomic E-state index is -0.103. The van der Waals surface area contributed by atoms with Crippen LogP contribution in [0.3, 0.4) is 0 Å². The Morgan fingerprint density at radius 1 is 1.21 bits per heavy atom. The Hall–Kier alpha value is -2.70. The van der Waals surface area contributed by atoms with Crippen LogP contribution in [0, 0.1) is 5.92 Å². The minimum absolute atomic E-state index is 0.0307. The molecule has 0 atom stereocenters. The van der Waals surface area contributed by atoms with Gasteiger partial charge in [0.25, 0.3) is 11.8 Å².